The molecule has 0 fully saturated rings. The summed E-state index contributed by atoms with van der Waals surface area (Å²) in [5.74, 6) is -2.35. The van der Waals surface area contributed by atoms with Crippen molar-refractivity contribution in [3.63, 3.8) is 0 Å². The van der Waals surface area contributed by atoms with Crippen molar-refractivity contribution in [2.75, 3.05) is 4.72 Å². The van der Waals surface area contributed by atoms with Gasteiger partial charge >= 0.3 is 5.97 Å². The van der Waals surface area contributed by atoms with E-state index in [1.54, 1.807) is 6.07 Å². The second-order valence-corrected chi connectivity index (χ2v) is 7.22. The average Bonchev–Trinajstić information content (AvgIpc) is 2.90. The summed E-state index contributed by atoms with van der Waals surface area (Å²) >= 11 is 1.06. The molecule has 0 unspecified atom stereocenters. The van der Waals surface area contributed by atoms with E-state index in [-0.39, 0.29) is 4.21 Å². The van der Waals surface area contributed by atoms with Crippen molar-refractivity contribution in [2.45, 2.75) is 17.6 Å². The molecule has 0 saturated carbocycles. The lowest BCUT2D eigenvalue weighted by Gasteiger charge is -2.10. The molecule has 0 aliphatic rings. The number of carbonyl (C=O) groups is 1. The first-order valence-electron chi connectivity index (χ1n) is 5.98. The van der Waals surface area contributed by atoms with E-state index in [0.717, 1.165) is 28.3 Å². The zero-order valence-corrected chi connectivity index (χ0v) is 12.6. The van der Waals surface area contributed by atoms with E-state index >= 15 is 0 Å². The van der Waals surface area contributed by atoms with Crippen LogP contribution in [0.4, 0.5) is 10.1 Å². The quantitative estimate of drug-likeness (QED) is 0.883. The normalized spacial score (nSPS) is 11.3. The van der Waals surface area contributed by atoms with Crippen molar-refractivity contribution < 1.29 is 22.7 Å². The zero-order valence-electron chi connectivity index (χ0n) is 11.0. The van der Waals surface area contributed by atoms with Crippen LogP contribution in [0.5, 0.6) is 0 Å². The van der Waals surface area contributed by atoms with Gasteiger partial charge in [-0.2, -0.15) is 0 Å². The first-order valence-corrected chi connectivity index (χ1v) is 8.28. The third-order valence-electron chi connectivity index (χ3n) is 2.73. The van der Waals surface area contributed by atoms with Gasteiger partial charge in [-0.05, 0) is 30.7 Å². The minimum atomic E-state index is -4.02. The van der Waals surface area contributed by atoms with Crippen molar-refractivity contribution >= 4 is 33.0 Å². The number of hydrogen-bond acceptors (Lipinski definition) is 4. The molecular formula is C13H12FNO4S2. The Morgan fingerprint density at radius 2 is 2.05 bits per heavy atom. The first-order chi connectivity index (χ1) is 9.85. The first kappa shape index (κ1) is 15.5. The van der Waals surface area contributed by atoms with Gasteiger partial charge in [-0.1, -0.05) is 13.0 Å². The van der Waals surface area contributed by atoms with Crippen molar-refractivity contribution in [3.05, 3.63) is 46.6 Å². The van der Waals surface area contributed by atoms with E-state index in [1.807, 2.05) is 11.6 Å². The highest BCUT2D eigenvalue weighted by atomic mass is 32.2. The summed E-state index contributed by atoms with van der Waals surface area (Å²) in [4.78, 5) is 11.9. The highest BCUT2D eigenvalue weighted by molar-refractivity contribution is 7.94. The number of anilines is 1. The summed E-state index contributed by atoms with van der Waals surface area (Å²) in [6.45, 7) is 1.88. The average molecular weight is 329 g/mol. The fraction of sp³-hybridized carbons (Fsp3) is 0.154. The van der Waals surface area contributed by atoms with Crippen LogP contribution in [0.1, 0.15) is 22.2 Å². The van der Waals surface area contributed by atoms with Gasteiger partial charge in [0.25, 0.3) is 10.0 Å². The Hall–Kier alpha value is -1.93. The second-order valence-electron chi connectivity index (χ2n) is 4.15. The lowest BCUT2D eigenvalue weighted by Crippen LogP contribution is -2.15. The minimum absolute atomic E-state index is 0.0129. The van der Waals surface area contributed by atoms with Crippen LogP contribution in [0.2, 0.25) is 0 Å². The number of aromatic carboxylic acids is 1. The van der Waals surface area contributed by atoms with Crippen LogP contribution in [-0.2, 0) is 16.4 Å². The maximum atomic E-state index is 13.7. The molecule has 0 amide bonds. The van der Waals surface area contributed by atoms with Crippen LogP contribution in [0, 0.1) is 5.82 Å². The fourth-order valence-electron chi connectivity index (χ4n) is 1.68. The molecule has 0 radical (unpaired) electrons. The van der Waals surface area contributed by atoms with Gasteiger partial charge in [-0.15, -0.1) is 11.3 Å². The maximum absolute atomic E-state index is 13.7. The molecule has 0 aliphatic heterocycles. The highest BCUT2D eigenvalue weighted by Gasteiger charge is 2.22. The molecule has 1 aromatic carbocycles. The standard InChI is InChI=1S/C13H12FNO4S2/c1-2-8-6-7-11(20-8)21(18,19)15-12-9(13(16)17)4-3-5-10(12)14/h3-7,15H,2H2,1H3,(H,16,17). The second kappa shape index (κ2) is 5.82. The van der Waals surface area contributed by atoms with Gasteiger partial charge in [-0.25, -0.2) is 17.6 Å². The van der Waals surface area contributed by atoms with Gasteiger partial charge < -0.3 is 5.11 Å². The molecule has 1 aromatic heterocycles. The molecule has 1 heterocycles. The van der Waals surface area contributed by atoms with Crippen LogP contribution < -0.4 is 4.72 Å². The molecule has 2 rings (SSSR count). The summed E-state index contributed by atoms with van der Waals surface area (Å²) in [7, 11) is -4.02. The topological polar surface area (TPSA) is 83.5 Å². The van der Waals surface area contributed by atoms with Crippen LogP contribution >= 0.6 is 11.3 Å². The Kier molecular flexibility index (Phi) is 4.29. The molecule has 112 valence electrons. The Labute approximate surface area is 125 Å². The van der Waals surface area contributed by atoms with Gasteiger partial charge in [-0.3, -0.25) is 4.72 Å². The lowest BCUT2D eigenvalue weighted by molar-refractivity contribution is 0.0697. The summed E-state index contributed by atoms with van der Waals surface area (Å²) in [6.07, 6.45) is 0.681. The molecule has 0 saturated heterocycles. The lowest BCUT2D eigenvalue weighted by atomic mass is 10.2. The van der Waals surface area contributed by atoms with Crippen molar-refractivity contribution in [1.29, 1.82) is 0 Å². The molecule has 8 heteroatoms. The molecule has 0 aliphatic carbocycles. The number of carboxylic acid groups (broad SMARTS) is 1. The number of halogens is 1. The zero-order chi connectivity index (χ0) is 15.6. The van der Waals surface area contributed by atoms with E-state index in [9.17, 15) is 17.6 Å². The molecule has 2 N–H and O–H groups in total. The van der Waals surface area contributed by atoms with E-state index in [4.69, 9.17) is 5.11 Å². The number of carboxylic acids is 1. The van der Waals surface area contributed by atoms with Crippen molar-refractivity contribution in [1.82, 2.24) is 0 Å². The van der Waals surface area contributed by atoms with Gasteiger partial charge in [0.2, 0.25) is 0 Å². The third-order valence-corrected chi connectivity index (χ3v) is 5.80. The summed E-state index contributed by atoms with van der Waals surface area (Å²) in [6, 6.07) is 6.41. The van der Waals surface area contributed by atoms with E-state index in [1.165, 1.54) is 12.1 Å². The van der Waals surface area contributed by atoms with Crippen molar-refractivity contribution in [3.8, 4) is 0 Å². The molecular weight excluding hydrogens is 317 g/mol. The number of benzene rings is 1. The summed E-state index contributed by atoms with van der Waals surface area (Å²) < 4.78 is 40.2. The Morgan fingerprint density at radius 3 is 2.62 bits per heavy atom. The Balaban J connectivity index is 2.44. The van der Waals surface area contributed by atoms with Crippen LogP contribution in [0.3, 0.4) is 0 Å². The van der Waals surface area contributed by atoms with Crippen molar-refractivity contribution in [2.24, 2.45) is 0 Å². The number of nitrogens with one attached hydrogen (secondary N) is 1. The van der Waals surface area contributed by atoms with Gasteiger partial charge in [0.05, 0.1) is 11.3 Å². The predicted molar refractivity (Wildman–Crippen MR) is 77.9 cm³/mol. The molecule has 0 spiro atoms. The number of hydrogen-bond donors (Lipinski definition) is 2. The number of aryl methyl sites for hydroxylation is 1. The Bertz CT molecular complexity index is 783. The third kappa shape index (κ3) is 3.22. The smallest absolute Gasteiger partial charge is 0.337 e. The maximum Gasteiger partial charge on any atom is 0.337 e. The van der Waals surface area contributed by atoms with E-state index < -0.39 is 33.1 Å². The van der Waals surface area contributed by atoms with Crippen LogP contribution in [-0.4, -0.2) is 19.5 Å². The number of para-hydroxylation sites is 1. The fourth-order valence-corrected chi connectivity index (χ4v) is 4.07. The van der Waals surface area contributed by atoms with Crippen LogP contribution in [0.25, 0.3) is 0 Å². The highest BCUT2D eigenvalue weighted by Crippen LogP contribution is 2.27. The largest absolute Gasteiger partial charge is 0.478 e. The molecule has 0 atom stereocenters. The van der Waals surface area contributed by atoms with E-state index in [0.29, 0.717) is 6.42 Å². The summed E-state index contributed by atoms with van der Waals surface area (Å²) in [5.41, 5.74) is -0.998. The van der Waals surface area contributed by atoms with Gasteiger partial charge in [0.1, 0.15) is 10.0 Å². The predicted octanol–water partition coefficient (Wildman–Crippen LogP) is 2.95. The number of rotatable bonds is 5. The Morgan fingerprint density at radius 1 is 1.33 bits per heavy atom. The molecule has 0 bridgehead atoms. The van der Waals surface area contributed by atoms with Gasteiger partial charge in [0, 0.05) is 4.88 Å². The molecule has 21 heavy (non-hydrogen) atoms. The monoisotopic (exact) mass is 329 g/mol. The number of sulfonamides is 1. The van der Waals surface area contributed by atoms with Gasteiger partial charge in [0.15, 0.2) is 0 Å². The molecule has 2 aromatic rings. The number of thiophene rings is 1. The SMILES string of the molecule is CCc1ccc(S(=O)(=O)Nc2c(F)cccc2C(=O)O)s1. The van der Waals surface area contributed by atoms with Crippen LogP contribution in [0.15, 0.2) is 34.5 Å². The summed E-state index contributed by atoms with van der Waals surface area (Å²) in [5, 5.41) is 9.00. The molecule has 5 nitrogen and oxygen atoms in total. The van der Waals surface area contributed by atoms with E-state index in [2.05, 4.69) is 0 Å². The minimum Gasteiger partial charge on any atom is -0.478 e.